The number of aromatic nitrogens is 2. The molecule has 6 nitrogen and oxygen atoms in total. The summed E-state index contributed by atoms with van der Waals surface area (Å²) in [5, 5.41) is 0. The minimum Gasteiger partial charge on any atom is -0.497 e. The van der Waals surface area contributed by atoms with Gasteiger partial charge in [0, 0.05) is 24.1 Å². The summed E-state index contributed by atoms with van der Waals surface area (Å²) in [4.78, 5) is 23.0. The van der Waals surface area contributed by atoms with Crippen LogP contribution in [0.15, 0.2) is 67.0 Å². The van der Waals surface area contributed by atoms with Gasteiger partial charge in [-0.2, -0.15) is 0 Å². The Morgan fingerprint density at radius 3 is 2.68 bits per heavy atom. The van der Waals surface area contributed by atoms with Crippen molar-refractivity contribution in [1.29, 1.82) is 0 Å². The lowest BCUT2D eigenvalue weighted by Crippen LogP contribution is -2.49. The van der Waals surface area contributed by atoms with Gasteiger partial charge in [-0.05, 0) is 91.4 Å². The molecule has 34 heavy (non-hydrogen) atoms. The lowest BCUT2D eigenvalue weighted by atomic mass is 9.74. The minimum atomic E-state index is 0.120. The third-order valence-electron chi connectivity index (χ3n) is 7.23. The first-order valence-electron chi connectivity index (χ1n) is 11.9. The molecule has 172 valence electrons. The van der Waals surface area contributed by atoms with Crippen LogP contribution in [-0.4, -0.2) is 40.5 Å². The Kier molecular flexibility index (Phi) is 5.21. The van der Waals surface area contributed by atoms with Crippen LogP contribution in [0.2, 0.25) is 0 Å². The highest BCUT2D eigenvalue weighted by Crippen LogP contribution is 2.42. The molecule has 2 atom stereocenters. The first kappa shape index (κ1) is 20.8. The van der Waals surface area contributed by atoms with Gasteiger partial charge in [-0.3, -0.25) is 4.79 Å². The number of hydrogen-bond donors (Lipinski definition) is 1. The van der Waals surface area contributed by atoms with Crippen molar-refractivity contribution in [3.05, 3.63) is 83.7 Å². The zero-order valence-electron chi connectivity index (χ0n) is 19.2. The molecule has 1 N–H and O–H groups in total. The fourth-order valence-electron chi connectivity index (χ4n) is 5.57. The number of carbonyl (C=O) groups excluding carboxylic acids is 1. The number of benzene rings is 3. The molecule has 0 radical (unpaired) electrons. The second kappa shape index (κ2) is 8.52. The van der Waals surface area contributed by atoms with Gasteiger partial charge in [0.2, 0.25) is 0 Å². The monoisotopic (exact) mass is 453 g/mol. The molecule has 1 aliphatic heterocycles. The minimum absolute atomic E-state index is 0.120. The van der Waals surface area contributed by atoms with Crippen molar-refractivity contribution in [1.82, 2.24) is 14.9 Å². The van der Waals surface area contributed by atoms with Gasteiger partial charge in [-0.15, -0.1) is 0 Å². The van der Waals surface area contributed by atoms with Gasteiger partial charge >= 0.3 is 0 Å². The van der Waals surface area contributed by atoms with Crippen molar-refractivity contribution in [2.24, 2.45) is 0 Å². The van der Waals surface area contributed by atoms with Gasteiger partial charge in [-0.1, -0.05) is 6.07 Å². The van der Waals surface area contributed by atoms with E-state index in [1.54, 1.807) is 13.4 Å². The molecular weight excluding hydrogens is 426 g/mol. The van der Waals surface area contributed by atoms with Crippen molar-refractivity contribution < 1.29 is 14.3 Å². The van der Waals surface area contributed by atoms with Gasteiger partial charge in [0.25, 0.3) is 5.91 Å². The number of aromatic amines is 1. The molecule has 0 saturated carbocycles. The SMILES string of the molecule is COc1ccc(Oc2ccc3c(c2)CC[C@@H]2[C@H]3CCCN2C(=O)c2ccc3nc[nH]c3c2)cc1. The molecular formula is C28H27N3O3. The Bertz CT molecular complexity index is 1340. The number of methoxy groups -OCH3 is 1. The van der Waals surface area contributed by atoms with E-state index in [1.165, 1.54) is 11.1 Å². The largest absolute Gasteiger partial charge is 0.497 e. The maximum absolute atomic E-state index is 13.5. The number of H-pyrrole nitrogens is 1. The molecule has 1 saturated heterocycles. The van der Waals surface area contributed by atoms with E-state index in [9.17, 15) is 4.79 Å². The molecule has 2 heterocycles. The molecule has 4 aromatic rings. The van der Waals surface area contributed by atoms with Crippen LogP contribution >= 0.6 is 0 Å². The van der Waals surface area contributed by atoms with Gasteiger partial charge in [0.05, 0.1) is 24.5 Å². The molecule has 1 amide bonds. The summed E-state index contributed by atoms with van der Waals surface area (Å²) in [6.07, 6.45) is 5.71. The summed E-state index contributed by atoms with van der Waals surface area (Å²) in [6, 6.07) is 20.0. The molecule has 1 aromatic heterocycles. The highest BCUT2D eigenvalue weighted by Gasteiger charge is 2.38. The number of nitrogens with one attached hydrogen (secondary N) is 1. The highest BCUT2D eigenvalue weighted by atomic mass is 16.5. The normalized spacial score (nSPS) is 19.4. The van der Waals surface area contributed by atoms with E-state index in [1.807, 2.05) is 42.5 Å². The lowest BCUT2D eigenvalue weighted by Gasteiger charge is -2.45. The molecule has 1 aliphatic carbocycles. The predicted octanol–water partition coefficient (Wildman–Crippen LogP) is 5.70. The zero-order valence-corrected chi connectivity index (χ0v) is 19.2. The summed E-state index contributed by atoms with van der Waals surface area (Å²) >= 11 is 0. The molecule has 6 heteroatoms. The van der Waals surface area contributed by atoms with Crippen LogP contribution in [0.1, 0.15) is 46.7 Å². The molecule has 1 fully saturated rings. The topological polar surface area (TPSA) is 67.5 Å². The number of hydrogen-bond acceptors (Lipinski definition) is 4. The summed E-state index contributed by atoms with van der Waals surface area (Å²) < 4.78 is 11.3. The first-order valence-corrected chi connectivity index (χ1v) is 11.9. The number of piperidine rings is 1. The number of amides is 1. The van der Waals surface area contributed by atoms with Gasteiger partial charge in [-0.25, -0.2) is 4.98 Å². The van der Waals surface area contributed by atoms with E-state index in [4.69, 9.17) is 9.47 Å². The number of imidazole rings is 1. The van der Waals surface area contributed by atoms with E-state index >= 15 is 0 Å². The average molecular weight is 454 g/mol. The zero-order chi connectivity index (χ0) is 23.1. The van der Waals surface area contributed by atoms with Crippen LogP contribution in [-0.2, 0) is 6.42 Å². The van der Waals surface area contributed by atoms with Crippen molar-refractivity contribution in [3.63, 3.8) is 0 Å². The number of fused-ring (bicyclic) bond motifs is 4. The van der Waals surface area contributed by atoms with E-state index in [0.717, 1.165) is 66.1 Å². The Morgan fingerprint density at radius 2 is 1.82 bits per heavy atom. The van der Waals surface area contributed by atoms with Crippen LogP contribution in [0, 0.1) is 0 Å². The summed E-state index contributed by atoms with van der Waals surface area (Å²) in [6.45, 7) is 0.814. The lowest BCUT2D eigenvalue weighted by molar-refractivity contribution is 0.0547. The molecule has 6 rings (SSSR count). The first-order chi connectivity index (χ1) is 16.7. The Hall–Kier alpha value is -3.80. The van der Waals surface area contributed by atoms with Crippen LogP contribution in [0.3, 0.4) is 0 Å². The molecule has 0 unspecified atom stereocenters. The highest BCUT2D eigenvalue weighted by molar-refractivity contribution is 5.97. The Balaban J connectivity index is 1.23. The van der Waals surface area contributed by atoms with Gasteiger partial charge in [0.15, 0.2) is 0 Å². The fourth-order valence-corrected chi connectivity index (χ4v) is 5.57. The second-order valence-corrected chi connectivity index (χ2v) is 9.13. The number of nitrogens with zero attached hydrogens (tertiary/aromatic N) is 2. The summed E-state index contributed by atoms with van der Waals surface area (Å²) in [7, 11) is 1.66. The molecule has 0 spiro atoms. The van der Waals surface area contributed by atoms with Crippen LogP contribution in [0.4, 0.5) is 0 Å². The van der Waals surface area contributed by atoms with E-state index in [-0.39, 0.29) is 11.9 Å². The maximum Gasteiger partial charge on any atom is 0.254 e. The van der Waals surface area contributed by atoms with Gasteiger partial charge < -0.3 is 19.4 Å². The Morgan fingerprint density at radius 1 is 1.00 bits per heavy atom. The van der Waals surface area contributed by atoms with E-state index < -0.39 is 0 Å². The molecule has 0 bridgehead atoms. The van der Waals surface area contributed by atoms with Crippen molar-refractivity contribution >= 4 is 16.9 Å². The third-order valence-corrected chi connectivity index (χ3v) is 7.23. The number of rotatable bonds is 4. The van der Waals surface area contributed by atoms with Crippen LogP contribution in [0.5, 0.6) is 17.2 Å². The van der Waals surface area contributed by atoms with Crippen LogP contribution < -0.4 is 9.47 Å². The van der Waals surface area contributed by atoms with Crippen molar-refractivity contribution in [3.8, 4) is 17.2 Å². The number of carbonyl (C=O) groups is 1. The standard InChI is InChI=1S/C28H27N3O3/c1-33-20-6-8-21(9-7-20)34-22-10-11-23-18(15-22)5-13-27-24(23)3-2-14-31(27)28(32)19-4-12-25-26(16-19)30-17-29-25/h4,6-12,15-17,24,27H,2-3,5,13-14H2,1H3,(H,29,30)/t24-,27+/m0/s1. The number of ether oxygens (including phenoxy) is 2. The summed E-state index contributed by atoms with van der Waals surface area (Å²) in [5.74, 6) is 2.93. The van der Waals surface area contributed by atoms with Crippen molar-refractivity contribution in [2.75, 3.05) is 13.7 Å². The fraction of sp³-hybridized carbons (Fsp3) is 0.286. The van der Waals surface area contributed by atoms with Gasteiger partial charge in [0.1, 0.15) is 17.2 Å². The quantitative estimate of drug-likeness (QED) is 0.431. The smallest absolute Gasteiger partial charge is 0.254 e. The van der Waals surface area contributed by atoms with E-state index in [0.29, 0.717) is 5.92 Å². The Labute approximate surface area is 198 Å². The molecule has 2 aliphatic rings. The predicted molar refractivity (Wildman–Crippen MR) is 131 cm³/mol. The third kappa shape index (κ3) is 3.69. The number of likely N-dealkylation sites (tertiary alicyclic amines) is 1. The maximum atomic E-state index is 13.5. The average Bonchev–Trinajstić information content (AvgIpc) is 3.36. The van der Waals surface area contributed by atoms with E-state index in [2.05, 4.69) is 33.1 Å². The van der Waals surface area contributed by atoms with Crippen LogP contribution in [0.25, 0.3) is 11.0 Å². The second-order valence-electron chi connectivity index (χ2n) is 9.13. The summed E-state index contributed by atoms with van der Waals surface area (Å²) in [5.41, 5.74) is 5.21. The van der Waals surface area contributed by atoms with Crippen molar-refractivity contribution in [2.45, 2.75) is 37.6 Å². The molecule has 3 aromatic carbocycles. The number of aryl methyl sites for hydroxylation is 1.